The van der Waals surface area contributed by atoms with Gasteiger partial charge in [0.15, 0.2) is 5.78 Å². The molecule has 2 aromatic rings. The Morgan fingerprint density at radius 2 is 1.67 bits per heavy atom. The molecule has 0 aliphatic heterocycles. The fourth-order valence-corrected chi connectivity index (χ4v) is 2.64. The van der Waals surface area contributed by atoms with Gasteiger partial charge in [0.25, 0.3) is 5.69 Å². The molecule has 0 aliphatic carbocycles. The second-order valence-corrected chi connectivity index (χ2v) is 5.77. The highest BCUT2D eigenvalue weighted by Gasteiger charge is 2.26. The van der Waals surface area contributed by atoms with E-state index in [-0.39, 0.29) is 11.5 Å². The largest absolute Gasteiger partial charge is 0.387 e. The van der Waals surface area contributed by atoms with Gasteiger partial charge in [0.2, 0.25) is 0 Å². The van der Waals surface area contributed by atoms with Crippen LogP contribution in [0.1, 0.15) is 22.0 Å². The lowest BCUT2D eigenvalue weighted by Crippen LogP contribution is -2.22. The maximum atomic E-state index is 12.3. The average Bonchev–Trinajstić information content (AvgIpc) is 2.53. The van der Waals surface area contributed by atoms with E-state index >= 15 is 0 Å². The van der Waals surface area contributed by atoms with Gasteiger partial charge in [0, 0.05) is 17.7 Å². The smallest absolute Gasteiger partial charge is 0.269 e. The molecule has 2 rings (SSSR count). The minimum Gasteiger partial charge on any atom is -0.387 e. The molecular weight excluding hydrogens is 385 g/mol. The SMILES string of the molecule is O=C(c1ccc([N+](=O)[O-])cc1)[C@@H](I)[C@@H](O)c1ccccc1. The number of nitrogens with zero attached hydrogens (tertiary/aromatic N) is 1. The average molecular weight is 397 g/mol. The van der Waals surface area contributed by atoms with E-state index in [9.17, 15) is 20.0 Å². The summed E-state index contributed by atoms with van der Waals surface area (Å²) in [7, 11) is 0. The van der Waals surface area contributed by atoms with Gasteiger partial charge in [-0.3, -0.25) is 14.9 Å². The molecule has 0 saturated heterocycles. The molecule has 0 bridgehead atoms. The zero-order chi connectivity index (χ0) is 15.4. The molecular formula is C15H12INO4. The maximum Gasteiger partial charge on any atom is 0.269 e. The minimum absolute atomic E-state index is 0.0693. The fourth-order valence-electron chi connectivity index (χ4n) is 1.87. The molecule has 0 radical (unpaired) electrons. The molecule has 0 fully saturated rings. The van der Waals surface area contributed by atoms with Crippen LogP contribution >= 0.6 is 22.6 Å². The zero-order valence-electron chi connectivity index (χ0n) is 10.8. The van der Waals surface area contributed by atoms with E-state index in [1.165, 1.54) is 24.3 Å². The van der Waals surface area contributed by atoms with Gasteiger partial charge in [-0.1, -0.05) is 52.9 Å². The van der Waals surface area contributed by atoms with Crippen molar-refractivity contribution < 1.29 is 14.8 Å². The predicted octanol–water partition coefficient (Wildman–Crippen LogP) is 3.31. The lowest BCUT2D eigenvalue weighted by atomic mass is 10.00. The van der Waals surface area contributed by atoms with Crippen molar-refractivity contribution in [1.82, 2.24) is 0 Å². The van der Waals surface area contributed by atoms with Gasteiger partial charge < -0.3 is 5.11 Å². The fraction of sp³-hybridized carbons (Fsp3) is 0.133. The first kappa shape index (κ1) is 15.6. The molecule has 1 N–H and O–H groups in total. The number of carbonyl (C=O) groups excluding carboxylic acids is 1. The van der Waals surface area contributed by atoms with E-state index in [1.54, 1.807) is 24.3 Å². The van der Waals surface area contributed by atoms with Gasteiger partial charge in [-0.2, -0.15) is 0 Å². The van der Waals surface area contributed by atoms with Crippen LogP contribution < -0.4 is 0 Å². The number of nitro groups is 1. The van der Waals surface area contributed by atoms with Crippen LogP contribution in [-0.4, -0.2) is 19.7 Å². The molecule has 5 nitrogen and oxygen atoms in total. The Hall–Kier alpha value is -1.80. The van der Waals surface area contributed by atoms with E-state index in [1.807, 2.05) is 28.7 Å². The second kappa shape index (κ2) is 6.77. The third kappa shape index (κ3) is 3.64. The van der Waals surface area contributed by atoms with Crippen molar-refractivity contribution in [3.05, 3.63) is 75.8 Å². The maximum absolute atomic E-state index is 12.3. The minimum atomic E-state index is -0.922. The Labute approximate surface area is 134 Å². The first-order chi connectivity index (χ1) is 10.0. The summed E-state index contributed by atoms with van der Waals surface area (Å²) in [4.78, 5) is 22.4. The lowest BCUT2D eigenvalue weighted by molar-refractivity contribution is -0.384. The monoisotopic (exact) mass is 397 g/mol. The first-order valence-corrected chi connectivity index (χ1v) is 7.41. The highest BCUT2D eigenvalue weighted by Crippen LogP contribution is 2.26. The summed E-state index contributed by atoms with van der Waals surface area (Å²) in [5, 5.41) is 20.8. The highest BCUT2D eigenvalue weighted by molar-refractivity contribution is 14.1. The van der Waals surface area contributed by atoms with E-state index in [2.05, 4.69) is 0 Å². The summed E-state index contributed by atoms with van der Waals surface area (Å²) < 4.78 is -0.661. The summed E-state index contributed by atoms with van der Waals surface area (Å²) in [5.41, 5.74) is 0.933. The lowest BCUT2D eigenvalue weighted by Gasteiger charge is -2.16. The third-order valence-electron chi connectivity index (χ3n) is 3.03. The summed E-state index contributed by atoms with van der Waals surface area (Å²) >= 11 is 1.89. The Bertz CT molecular complexity index is 642. The van der Waals surface area contributed by atoms with Gasteiger partial charge in [-0.15, -0.1) is 0 Å². The number of rotatable bonds is 5. The molecule has 0 saturated carbocycles. The standard InChI is InChI=1S/C15H12INO4/c16-13(14(18)10-4-2-1-3-5-10)15(19)11-6-8-12(9-7-11)17(20)21/h1-9,13-14,18H/t13-,14-/m0/s1. The highest BCUT2D eigenvalue weighted by atomic mass is 127. The van der Waals surface area contributed by atoms with Crippen LogP contribution in [0.2, 0.25) is 0 Å². The van der Waals surface area contributed by atoms with Gasteiger partial charge in [-0.05, 0) is 17.7 Å². The Kier molecular flexibility index (Phi) is 5.03. The van der Waals surface area contributed by atoms with Gasteiger partial charge in [0.1, 0.15) is 3.92 Å². The van der Waals surface area contributed by atoms with Crippen molar-refractivity contribution in [3.8, 4) is 0 Å². The molecule has 2 aromatic carbocycles. The number of nitro benzene ring substituents is 1. The molecule has 0 amide bonds. The predicted molar refractivity (Wildman–Crippen MR) is 86.6 cm³/mol. The van der Waals surface area contributed by atoms with E-state index in [4.69, 9.17) is 0 Å². The van der Waals surface area contributed by atoms with E-state index < -0.39 is 15.0 Å². The van der Waals surface area contributed by atoms with Crippen molar-refractivity contribution in [1.29, 1.82) is 0 Å². The number of aliphatic hydroxyl groups is 1. The topological polar surface area (TPSA) is 80.4 Å². The van der Waals surface area contributed by atoms with Crippen molar-refractivity contribution >= 4 is 34.1 Å². The van der Waals surface area contributed by atoms with Crippen LogP contribution in [0.4, 0.5) is 5.69 Å². The van der Waals surface area contributed by atoms with Crippen LogP contribution in [0.5, 0.6) is 0 Å². The number of benzene rings is 2. The molecule has 2 atom stereocenters. The summed E-state index contributed by atoms with van der Waals surface area (Å²) in [6.07, 6.45) is -0.922. The van der Waals surface area contributed by atoms with Crippen LogP contribution in [0.15, 0.2) is 54.6 Å². The number of hydrogen-bond donors (Lipinski definition) is 1. The Morgan fingerprint density at radius 3 is 2.19 bits per heavy atom. The third-order valence-corrected chi connectivity index (χ3v) is 4.28. The zero-order valence-corrected chi connectivity index (χ0v) is 13.0. The first-order valence-electron chi connectivity index (χ1n) is 6.16. The number of ketones is 1. The molecule has 0 aromatic heterocycles. The number of Topliss-reactive ketones (excluding diaryl/α,β-unsaturated/α-hetero) is 1. The normalized spacial score (nSPS) is 13.4. The van der Waals surface area contributed by atoms with Crippen molar-refractivity contribution in [2.24, 2.45) is 0 Å². The van der Waals surface area contributed by atoms with Crippen molar-refractivity contribution in [2.75, 3.05) is 0 Å². The van der Waals surface area contributed by atoms with Crippen LogP contribution in [0.25, 0.3) is 0 Å². The van der Waals surface area contributed by atoms with Gasteiger partial charge in [-0.25, -0.2) is 0 Å². The van der Waals surface area contributed by atoms with Crippen LogP contribution in [-0.2, 0) is 0 Å². The number of aliphatic hydroxyl groups excluding tert-OH is 1. The molecule has 6 heteroatoms. The number of hydrogen-bond acceptors (Lipinski definition) is 4. The van der Waals surface area contributed by atoms with Crippen LogP contribution in [0.3, 0.4) is 0 Å². The van der Waals surface area contributed by atoms with E-state index in [0.717, 1.165) is 0 Å². The molecule has 108 valence electrons. The van der Waals surface area contributed by atoms with Crippen LogP contribution in [0, 0.1) is 10.1 Å². The quantitative estimate of drug-likeness (QED) is 0.276. The number of halogens is 1. The molecule has 0 spiro atoms. The summed E-state index contributed by atoms with van der Waals surface area (Å²) in [5.74, 6) is -0.262. The van der Waals surface area contributed by atoms with Crippen molar-refractivity contribution in [3.63, 3.8) is 0 Å². The van der Waals surface area contributed by atoms with E-state index in [0.29, 0.717) is 11.1 Å². The number of non-ortho nitro benzene ring substituents is 1. The molecule has 21 heavy (non-hydrogen) atoms. The summed E-state index contributed by atoms with van der Waals surface area (Å²) in [6.45, 7) is 0. The van der Waals surface area contributed by atoms with Gasteiger partial charge in [0.05, 0.1) is 11.0 Å². The van der Waals surface area contributed by atoms with Gasteiger partial charge >= 0.3 is 0 Å². The molecule has 0 unspecified atom stereocenters. The molecule has 0 heterocycles. The molecule has 0 aliphatic rings. The number of carbonyl (C=O) groups is 1. The number of alkyl halides is 1. The Morgan fingerprint density at radius 1 is 1.10 bits per heavy atom. The van der Waals surface area contributed by atoms with Crippen molar-refractivity contribution in [2.45, 2.75) is 10.0 Å². The Balaban J connectivity index is 2.17. The summed E-state index contributed by atoms with van der Waals surface area (Å²) in [6, 6.07) is 14.3. The second-order valence-electron chi connectivity index (χ2n) is 4.43.